The minimum atomic E-state index is -0.546. The molecule has 0 N–H and O–H groups in total. The first-order valence-corrected chi connectivity index (χ1v) is 14.4. The van der Waals surface area contributed by atoms with Gasteiger partial charge < -0.3 is 4.74 Å². The maximum Gasteiger partial charge on any atom is 0.132 e. The molecule has 1 aliphatic rings. The molecule has 0 amide bonds. The van der Waals surface area contributed by atoms with E-state index in [1.165, 1.54) is 44.2 Å². The number of benzene rings is 7. The molecule has 0 spiro atoms. The van der Waals surface area contributed by atoms with Gasteiger partial charge in [-0.25, -0.2) is 0 Å². The molecule has 0 aliphatic carbocycles. The van der Waals surface area contributed by atoms with E-state index in [1.807, 2.05) is 0 Å². The first kappa shape index (κ1) is 24.4. The summed E-state index contributed by atoms with van der Waals surface area (Å²) in [6.07, 6.45) is 0. The number of hydrogen-bond acceptors (Lipinski definition) is 1. The smallest absolute Gasteiger partial charge is 0.132 e. The summed E-state index contributed by atoms with van der Waals surface area (Å²) in [5.41, 5.74) is 9.01. The van der Waals surface area contributed by atoms with Crippen LogP contribution < -0.4 is 4.74 Å². The van der Waals surface area contributed by atoms with E-state index in [4.69, 9.17) is 4.74 Å². The summed E-state index contributed by atoms with van der Waals surface area (Å²) >= 11 is 0. The van der Waals surface area contributed by atoms with E-state index in [0.29, 0.717) is 0 Å². The summed E-state index contributed by atoms with van der Waals surface area (Å²) in [7, 11) is 0. The highest BCUT2D eigenvalue weighted by Gasteiger charge is 2.45. The van der Waals surface area contributed by atoms with Crippen LogP contribution in [0.15, 0.2) is 170 Å². The lowest BCUT2D eigenvalue weighted by Crippen LogP contribution is -2.34. The van der Waals surface area contributed by atoms with Gasteiger partial charge in [-0.15, -0.1) is 0 Å². The molecule has 1 nitrogen and oxygen atoms in total. The van der Waals surface area contributed by atoms with Gasteiger partial charge >= 0.3 is 0 Å². The second-order valence-corrected chi connectivity index (χ2v) is 10.9. The molecule has 7 aromatic rings. The van der Waals surface area contributed by atoms with Gasteiger partial charge in [-0.1, -0.05) is 152 Å². The number of rotatable bonds is 4. The van der Waals surface area contributed by atoms with Crippen LogP contribution in [-0.2, 0) is 5.41 Å². The largest absolute Gasteiger partial charge is 0.457 e. The minimum Gasteiger partial charge on any atom is -0.457 e. The van der Waals surface area contributed by atoms with Crippen LogP contribution in [0.4, 0.5) is 0 Å². The molecule has 42 heavy (non-hydrogen) atoms. The van der Waals surface area contributed by atoms with Gasteiger partial charge in [0.1, 0.15) is 11.5 Å². The van der Waals surface area contributed by atoms with Crippen LogP contribution in [0, 0.1) is 0 Å². The Kier molecular flexibility index (Phi) is 5.75. The zero-order valence-corrected chi connectivity index (χ0v) is 23.1. The molecule has 7 aromatic carbocycles. The molecule has 0 aromatic heterocycles. The van der Waals surface area contributed by atoms with E-state index in [0.717, 1.165) is 22.6 Å². The molecule has 1 heteroatoms. The van der Waals surface area contributed by atoms with Crippen molar-refractivity contribution in [2.45, 2.75) is 5.41 Å². The van der Waals surface area contributed by atoms with Gasteiger partial charge in [0, 0.05) is 11.1 Å². The van der Waals surface area contributed by atoms with Gasteiger partial charge in [-0.05, 0) is 62.4 Å². The lowest BCUT2D eigenvalue weighted by molar-refractivity contribution is 0.434. The third-order valence-electron chi connectivity index (χ3n) is 8.61. The van der Waals surface area contributed by atoms with Gasteiger partial charge in [-0.3, -0.25) is 0 Å². The Labute approximate surface area is 246 Å². The van der Waals surface area contributed by atoms with Crippen molar-refractivity contribution in [2.75, 3.05) is 0 Å². The zero-order chi connectivity index (χ0) is 27.9. The fourth-order valence-corrected chi connectivity index (χ4v) is 6.81. The predicted octanol–water partition coefficient (Wildman–Crippen LogP) is 10.7. The fourth-order valence-electron chi connectivity index (χ4n) is 6.81. The lowest BCUT2D eigenvalue weighted by Gasteiger charge is -2.41. The Balaban J connectivity index is 1.45. The average Bonchev–Trinajstić information content (AvgIpc) is 3.07. The molecule has 1 heterocycles. The summed E-state index contributed by atoms with van der Waals surface area (Å²) in [5, 5.41) is 2.49. The first-order valence-electron chi connectivity index (χ1n) is 14.4. The summed E-state index contributed by atoms with van der Waals surface area (Å²) < 4.78 is 6.65. The summed E-state index contributed by atoms with van der Waals surface area (Å²) in [6, 6.07) is 60.8. The van der Waals surface area contributed by atoms with Crippen molar-refractivity contribution in [2.24, 2.45) is 0 Å². The van der Waals surface area contributed by atoms with Crippen molar-refractivity contribution >= 4 is 10.8 Å². The van der Waals surface area contributed by atoms with E-state index >= 15 is 0 Å². The van der Waals surface area contributed by atoms with Gasteiger partial charge in [0.2, 0.25) is 0 Å². The number of hydrogen-bond donors (Lipinski definition) is 0. The zero-order valence-electron chi connectivity index (χ0n) is 23.1. The standard InChI is InChI=1S/C41H28O/c1-4-14-29(15-5-1)34-22-12-16-30-17-13-23-35(40(30)34)31-26-27-39-37(28-31)41(32-18-6-2-7-19-32,33-20-8-3-9-21-33)36-24-10-11-25-38(36)42-39/h1-28H. The second-order valence-electron chi connectivity index (χ2n) is 10.9. The van der Waals surface area contributed by atoms with E-state index in [9.17, 15) is 0 Å². The topological polar surface area (TPSA) is 9.23 Å². The lowest BCUT2D eigenvalue weighted by atomic mass is 9.63. The molecule has 8 rings (SSSR count). The first-order chi connectivity index (χ1) is 20.8. The normalized spacial score (nSPS) is 13.1. The van der Waals surface area contributed by atoms with Crippen LogP contribution in [0.1, 0.15) is 22.3 Å². The Bertz CT molecular complexity index is 2000. The van der Waals surface area contributed by atoms with Crippen molar-refractivity contribution in [1.82, 2.24) is 0 Å². The predicted molar refractivity (Wildman–Crippen MR) is 173 cm³/mol. The molecule has 198 valence electrons. The van der Waals surface area contributed by atoms with Crippen LogP contribution in [0.2, 0.25) is 0 Å². The molecule has 0 saturated carbocycles. The van der Waals surface area contributed by atoms with Crippen LogP contribution in [-0.4, -0.2) is 0 Å². The van der Waals surface area contributed by atoms with E-state index in [2.05, 4.69) is 170 Å². The molecule has 1 aliphatic heterocycles. The van der Waals surface area contributed by atoms with Crippen LogP contribution in [0.5, 0.6) is 11.5 Å². The summed E-state index contributed by atoms with van der Waals surface area (Å²) in [4.78, 5) is 0. The monoisotopic (exact) mass is 536 g/mol. The molecule has 0 unspecified atom stereocenters. The van der Waals surface area contributed by atoms with Crippen LogP contribution >= 0.6 is 0 Å². The van der Waals surface area contributed by atoms with Crippen molar-refractivity contribution < 1.29 is 4.74 Å². The second kappa shape index (κ2) is 9.90. The van der Waals surface area contributed by atoms with Gasteiger partial charge in [0.25, 0.3) is 0 Å². The number of ether oxygens (including phenoxy) is 1. The molecule has 0 fully saturated rings. The highest BCUT2D eigenvalue weighted by Crippen LogP contribution is 2.56. The SMILES string of the molecule is c1ccc(-c2cccc3cccc(-c4ccc5c(c4)C(c4ccccc4)(c4ccccc4)c4ccccc4O5)c23)cc1. The fraction of sp³-hybridized carbons (Fsp3) is 0.0244. The Morgan fingerprint density at radius 3 is 1.60 bits per heavy atom. The van der Waals surface area contributed by atoms with E-state index in [-0.39, 0.29) is 0 Å². The Morgan fingerprint density at radius 1 is 0.381 bits per heavy atom. The Morgan fingerprint density at radius 2 is 0.929 bits per heavy atom. The van der Waals surface area contributed by atoms with Crippen LogP contribution in [0.25, 0.3) is 33.0 Å². The molecule has 0 atom stereocenters. The maximum absolute atomic E-state index is 6.65. The Hall–Kier alpha value is -5.40. The molecular weight excluding hydrogens is 508 g/mol. The van der Waals surface area contributed by atoms with Crippen molar-refractivity contribution in [3.63, 3.8) is 0 Å². The summed E-state index contributed by atoms with van der Waals surface area (Å²) in [5.74, 6) is 1.77. The van der Waals surface area contributed by atoms with E-state index < -0.39 is 5.41 Å². The number of fused-ring (bicyclic) bond motifs is 3. The third kappa shape index (κ3) is 3.71. The molecule has 0 radical (unpaired) electrons. The van der Waals surface area contributed by atoms with Crippen LogP contribution in [0.3, 0.4) is 0 Å². The molecular formula is C41H28O. The van der Waals surface area contributed by atoms with Crippen molar-refractivity contribution in [1.29, 1.82) is 0 Å². The van der Waals surface area contributed by atoms with Gasteiger partial charge in [-0.2, -0.15) is 0 Å². The number of para-hydroxylation sites is 1. The maximum atomic E-state index is 6.65. The summed E-state index contributed by atoms with van der Waals surface area (Å²) in [6.45, 7) is 0. The highest BCUT2D eigenvalue weighted by atomic mass is 16.5. The van der Waals surface area contributed by atoms with Crippen molar-refractivity contribution in [3.8, 4) is 33.8 Å². The van der Waals surface area contributed by atoms with Gasteiger partial charge in [0.05, 0.1) is 5.41 Å². The minimum absolute atomic E-state index is 0.546. The average molecular weight is 537 g/mol. The highest BCUT2D eigenvalue weighted by molar-refractivity contribution is 6.06. The quantitative estimate of drug-likeness (QED) is 0.217. The van der Waals surface area contributed by atoms with Crippen molar-refractivity contribution in [3.05, 3.63) is 192 Å². The molecule has 0 saturated heterocycles. The molecule has 0 bridgehead atoms. The van der Waals surface area contributed by atoms with Gasteiger partial charge in [0.15, 0.2) is 0 Å². The third-order valence-corrected chi connectivity index (χ3v) is 8.61. The van der Waals surface area contributed by atoms with E-state index in [1.54, 1.807) is 0 Å².